The molecule has 2 rings (SSSR count). The molecular formula is C17H17F3N2O. The molecule has 23 heavy (non-hydrogen) atoms. The van der Waals surface area contributed by atoms with E-state index >= 15 is 0 Å². The Hall–Kier alpha value is -2.37. The van der Waals surface area contributed by atoms with Crippen LogP contribution >= 0.6 is 0 Å². The lowest BCUT2D eigenvalue weighted by atomic mass is 10.0. The Kier molecular flexibility index (Phi) is 5.36. The van der Waals surface area contributed by atoms with Gasteiger partial charge < -0.3 is 4.90 Å². The van der Waals surface area contributed by atoms with Gasteiger partial charge in [-0.2, -0.15) is 0 Å². The van der Waals surface area contributed by atoms with E-state index in [1.54, 1.807) is 25.5 Å². The van der Waals surface area contributed by atoms with Crippen molar-refractivity contribution in [2.45, 2.75) is 25.8 Å². The molecule has 0 aliphatic heterocycles. The van der Waals surface area contributed by atoms with Crippen molar-refractivity contribution >= 4 is 5.91 Å². The second-order valence-corrected chi connectivity index (χ2v) is 5.23. The van der Waals surface area contributed by atoms with Gasteiger partial charge in [-0.15, -0.1) is 0 Å². The molecule has 122 valence electrons. The van der Waals surface area contributed by atoms with Gasteiger partial charge in [-0.1, -0.05) is 19.1 Å². The molecule has 3 nitrogen and oxygen atoms in total. The van der Waals surface area contributed by atoms with E-state index in [2.05, 4.69) is 4.98 Å². The van der Waals surface area contributed by atoms with E-state index in [4.69, 9.17) is 0 Å². The highest BCUT2D eigenvalue weighted by molar-refractivity contribution is 5.79. The minimum absolute atomic E-state index is 0.165. The molecular weight excluding hydrogens is 305 g/mol. The predicted molar refractivity (Wildman–Crippen MR) is 80.1 cm³/mol. The summed E-state index contributed by atoms with van der Waals surface area (Å²) >= 11 is 0. The summed E-state index contributed by atoms with van der Waals surface area (Å²) in [6.45, 7) is 1.92. The van der Waals surface area contributed by atoms with Gasteiger partial charge in [0.25, 0.3) is 0 Å². The van der Waals surface area contributed by atoms with Crippen LogP contribution in [0.1, 0.15) is 30.5 Å². The summed E-state index contributed by atoms with van der Waals surface area (Å²) in [5, 5.41) is 0. The minimum atomic E-state index is -1.56. The highest BCUT2D eigenvalue weighted by atomic mass is 19.2. The summed E-state index contributed by atoms with van der Waals surface area (Å²) in [5.41, 5.74) is 0.693. The van der Waals surface area contributed by atoms with Gasteiger partial charge in [0.2, 0.25) is 5.91 Å². The molecule has 0 bridgehead atoms. The van der Waals surface area contributed by atoms with E-state index in [0.717, 1.165) is 17.7 Å². The van der Waals surface area contributed by atoms with Gasteiger partial charge in [-0.3, -0.25) is 9.78 Å². The third-order valence-corrected chi connectivity index (χ3v) is 3.77. The lowest BCUT2D eigenvalue weighted by molar-refractivity contribution is -0.131. The number of aromatic nitrogens is 1. The molecule has 0 aliphatic rings. The van der Waals surface area contributed by atoms with Crippen LogP contribution in [0, 0.1) is 17.5 Å². The molecule has 1 aromatic heterocycles. The van der Waals surface area contributed by atoms with Crippen molar-refractivity contribution in [2.75, 3.05) is 7.05 Å². The molecule has 0 fully saturated rings. The maximum absolute atomic E-state index is 13.7. The van der Waals surface area contributed by atoms with Crippen LogP contribution in [-0.4, -0.2) is 22.8 Å². The van der Waals surface area contributed by atoms with Crippen molar-refractivity contribution in [3.05, 3.63) is 65.2 Å². The number of likely N-dealkylation sites (N-methyl/N-ethyl adjacent to an activating group) is 1. The summed E-state index contributed by atoms with van der Waals surface area (Å²) < 4.78 is 39.9. The van der Waals surface area contributed by atoms with Crippen molar-refractivity contribution in [3.63, 3.8) is 0 Å². The summed E-state index contributed by atoms with van der Waals surface area (Å²) in [6.07, 6.45) is 3.61. The number of rotatable bonds is 5. The van der Waals surface area contributed by atoms with E-state index in [1.807, 2.05) is 13.0 Å². The molecule has 1 amide bonds. The highest BCUT2D eigenvalue weighted by Crippen LogP contribution is 2.23. The number of nitrogens with zero attached hydrogens (tertiary/aromatic N) is 2. The zero-order chi connectivity index (χ0) is 17.0. The van der Waals surface area contributed by atoms with Crippen molar-refractivity contribution in [2.24, 2.45) is 0 Å². The van der Waals surface area contributed by atoms with Crippen LogP contribution in [0.5, 0.6) is 0 Å². The molecule has 1 heterocycles. The summed E-state index contributed by atoms with van der Waals surface area (Å²) in [6, 6.07) is 5.31. The van der Waals surface area contributed by atoms with E-state index in [0.29, 0.717) is 6.42 Å². The first-order chi connectivity index (χ1) is 11.0. The molecule has 0 saturated carbocycles. The minimum Gasteiger partial charge on any atom is -0.338 e. The molecule has 0 saturated heterocycles. The smallest absolute Gasteiger partial charge is 0.227 e. The standard InChI is InChI=1S/C17H17F3N2O/c1-3-14(12-5-4-8-21-10-12)22(2)15(23)9-11-6-7-13(18)17(20)16(11)19/h4-8,10,14H,3,9H2,1-2H3/t14-/m1/s1. The number of halogens is 3. The molecule has 0 spiro atoms. The Morgan fingerprint density at radius 1 is 1.22 bits per heavy atom. The number of hydrogen-bond donors (Lipinski definition) is 0. The number of carbonyl (C=O) groups is 1. The fraction of sp³-hybridized carbons (Fsp3) is 0.294. The van der Waals surface area contributed by atoms with Crippen LogP contribution in [0.3, 0.4) is 0 Å². The van der Waals surface area contributed by atoms with Crippen LogP contribution in [0.2, 0.25) is 0 Å². The van der Waals surface area contributed by atoms with E-state index in [1.165, 1.54) is 4.90 Å². The molecule has 0 N–H and O–H groups in total. The lowest BCUT2D eigenvalue weighted by Gasteiger charge is -2.27. The van der Waals surface area contributed by atoms with E-state index in [-0.39, 0.29) is 23.9 Å². The fourth-order valence-corrected chi connectivity index (χ4v) is 2.47. The second-order valence-electron chi connectivity index (χ2n) is 5.23. The Balaban J connectivity index is 2.18. The SMILES string of the molecule is CC[C@H](c1cccnc1)N(C)C(=O)Cc1ccc(F)c(F)c1F. The first-order valence-corrected chi connectivity index (χ1v) is 7.23. The largest absolute Gasteiger partial charge is 0.338 e. The third-order valence-electron chi connectivity index (χ3n) is 3.77. The van der Waals surface area contributed by atoms with E-state index < -0.39 is 17.5 Å². The number of benzene rings is 1. The Morgan fingerprint density at radius 3 is 2.57 bits per heavy atom. The number of amides is 1. The average molecular weight is 322 g/mol. The monoisotopic (exact) mass is 322 g/mol. The molecule has 1 atom stereocenters. The zero-order valence-corrected chi connectivity index (χ0v) is 12.9. The van der Waals surface area contributed by atoms with Gasteiger partial charge in [0.15, 0.2) is 17.5 Å². The summed E-state index contributed by atoms with van der Waals surface area (Å²) in [7, 11) is 1.60. The first kappa shape index (κ1) is 17.0. The number of pyridine rings is 1. The van der Waals surface area contributed by atoms with Gasteiger partial charge in [-0.25, -0.2) is 13.2 Å². The predicted octanol–water partition coefficient (Wildman–Crippen LogP) is 3.65. The quantitative estimate of drug-likeness (QED) is 0.787. The Labute approximate surface area is 132 Å². The summed E-state index contributed by atoms with van der Waals surface area (Å²) in [5.74, 6) is -4.53. The Morgan fingerprint density at radius 2 is 1.96 bits per heavy atom. The van der Waals surface area contributed by atoms with E-state index in [9.17, 15) is 18.0 Å². The molecule has 0 radical (unpaired) electrons. The highest BCUT2D eigenvalue weighted by Gasteiger charge is 2.22. The number of hydrogen-bond acceptors (Lipinski definition) is 2. The Bertz CT molecular complexity index is 692. The van der Waals surface area contributed by atoms with Crippen molar-refractivity contribution < 1.29 is 18.0 Å². The van der Waals surface area contributed by atoms with Gasteiger partial charge in [0, 0.05) is 25.0 Å². The molecule has 6 heteroatoms. The van der Waals surface area contributed by atoms with Crippen molar-refractivity contribution in [3.8, 4) is 0 Å². The van der Waals surface area contributed by atoms with Crippen LogP contribution in [-0.2, 0) is 11.2 Å². The molecule has 0 aliphatic carbocycles. The maximum Gasteiger partial charge on any atom is 0.227 e. The van der Waals surface area contributed by atoms with Crippen LogP contribution in [0.4, 0.5) is 13.2 Å². The van der Waals surface area contributed by atoms with Gasteiger partial charge in [-0.05, 0) is 24.1 Å². The van der Waals surface area contributed by atoms with Crippen molar-refractivity contribution in [1.82, 2.24) is 9.88 Å². The van der Waals surface area contributed by atoms with Crippen LogP contribution in [0.25, 0.3) is 0 Å². The zero-order valence-electron chi connectivity index (χ0n) is 12.9. The molecule has 1 aromatic carbocycles. The molecule has 2 aromatic rings. The van der Waals surface area contributed by atoms with Gasteiger partial charge in [0.1, 0.15) is 0 Å². The summed E-state index contributed by atoms with van der Waals surface area (Å²) in [4.78, 5) is 17.9. The maximum atomic E-state index is 13.7. The first-order valence-electron chi connectivity index (χ1n) is 7.23. The second kappa shape index (κ2) is 7.26. The average Bonchev–Trinajstić information content (AvgIpc) is 2.57. The van der Waals surface area contributed by atoms with Crippen LogP contribution in [0.15, 0.2) is 36.7 Å². The molecule has 0 unspecified atom stereocenters. The van der Waals surface area contributed by atoms with Crippen molar-refractivity contribution in [1.29, 1.82) is 0 Å². The third kappa shape index (κ3) is 3.70. The fourth-order valence-electron chi connectivity index (χ4n) is 2.47. The normalized spacial score (nSPS) is 12.0. The lowest BCUT2D eigenvalue weighted by Crippen LogP contribution is -2.32. The van der Waals surface area contributed by atoms with Crippen LogP contribution < -0.4 is 0 Å². The number of carbonyl (C=O) groups excluding carboxylic acids is 1. The van der Waals surface area contributed by atoms with Gasteiger partial charge in [0.05, 0.1) is 12.5 Å². The topological polar surface area (TPSA) is 33.2 Å². The van der Waals surface area contributed by atoms with Gasteiger partial charge >= 0.3 is 0 Å².